The van der Waals surface area contributed by atoms with Crippen LogP contribution in [0.1, 0.15) is 91.4 Å². The van der Waals surface area contributed by atoms with Gasteiger partial charge in [-0.15, -0.1) is 0 Å². The molecule has 1 amide bonds. The van der Waals surface area contributed by atoms with Gasteiger partial charge >= 0.3 is 0 Å². The van der Waals surface area contributed by atoms with Crippen LogP contribution in [0.3, 0.4) is 0 Å². The standard InChI is InChI=1S/C21H45NO2Si/c1-4-7-8-9-11-14-19-25(5-2,6-3)20-15-12-10-13-16-21(24)22-17-18-23/h23H,4-20H2,1-3H3,(H,22,24). The fourth-order valence-corrected chi connectivity index (χ4v) is 7.95. The Morgan fingerprint density at radius 1 is 0.800 bits per heavy atom. The zero-order chi connectivity index (χ0) is 18.8. The molecule has 0 rings (SSSR count). The van der Waals surface area contributed by atoms with Crippen LogP contribution in [0.15, 0.2) is 0 Å². The summed E-state index contributed by atoms with van der Waals surface area (Å²) < 4.78 is 0. The lowest BCUT2D eigenvalue weighted by Crippen LogP contribution is -2.31. The lowest BCUT2D eigenvalue weighted by Gasteiger charge is -2.30. The summed E-state index contributed by atoms with van der Waals surface area (Å²) in [6.45, 7) is 7.56. The van der Waals surface area contributed by atoms with E-state index in [0.717, 1.165) is 6.42 Å². The maximum Gasteiger partial charge on any atom is 0.220 e. The second-order valence-electron chi connectivity index (χ2n) is 7.71. The Labute approximate surface area is 158 Å². The van der Waals surface area contributed by atoms with Crippen LogP contribution in [0.2, 0.25) is 24.2 Å². The maximum absolute atomic E-state index is 11.5. The van der Waals surface area contributed by atoms with E-state index in [2.05, 4.69) is 26.1 Å². The van der Waals surface area contributed by atoms with Crippen LogP contribution in [0, 0.1) is 0 Å². The van der Waals surface area contributed by atoms with Gasteiger partial charge in [0.25, 0.3) is 0 Å². The summed E-state index contributed by atoms with van der Waals surface area (Å²) in [5, 5.41) is 11.4. The van der Waals surface area contributed by atoms with E-state index >= 15 is 0 Å². The van der Waals surface area contributed by atoms with E-state index < -0.39 is 8.07 Å². The van der Waals surface area contributed by atoms with Crippen LogP contribution in [0.25, 0.3) is 0 Å². The Kier molecular flexibility index (Phi) is 16.8. The van der Waals surface area contributed by atoms with Crippen molar-refractivity contribution in [2.24, 2.45) is 0 Å². The number of hydrogen-bond donors (Lipinski definition) is 2. The molecule has 2 N–H and O–H groups in total. The number of carbonyl (C=O) groups excluding carboxylic acids is 1. The molecule has 0 atom stereocenters. The third-order valence-corrected chi connectivity index (χ3v) is 11.7. The molecule has 0 aliphatic carbocycles. The van der Waals surface area contributed by atoms with Gasteiger partial charge in [-0.05, 0) is 6.42 Å². The monoisotopic (exact) mass is 371 g/mol. The van der Waals surface area contributed by atoms with E-state index in [1.165, 1.54) is 82.0 Å². The SMILES string of the molecule is CCCCCCCC[Si](CC)(CC)CCCCCCC(=O)NCCO. The summed E-state index contributed by atoms with van der Waals surface area (Å²) in [4.78, 5) is 11.5. The second kappa shape index (κ2) is 17.1. The van der Waals surface area contributed by atoms with Gasteiger partial charge < -0.3 is 10.4 Å². The Balaban J connectivity index is 3.81. The van der Waals surface area contributed by atoms with Crippen LogP contribution in [-0.2, 0) is 4.79 Å². The highest BCUT2D eigenvalue weighted by Gasteiger charge is 2.27. The van der Waals surface area contributed by atoms with Crippen molar-refractivity contribution in [3.63, 3.8) is 0 Å². The summed E-state index contributed by atoms with van der Waals surface area (Å²) in [6, 6.07) is 5.92. The van der Waals surface area contributed by atoms with Gasteiger partial charge in [0.2, 0.25) is 5.91 Å². The Hall–Kier alpha value is -0.353. The van der Waals surface area contributed by atoms with E-state index in [0.29, 0.717) is 13.0 Å². The lowest BCUT2D eigenvalue weighted by atomic mass is 10.1. The van der Waals surface area contributed by atoms with Gasteiger partial charge in [0.1, 0.15) is 0 Å². The normalized spacial score (nSPS) is 11.7. The minimum Gasteiger partial charge on any atom is -0.395 e. The quantitative estimate of drug-likeness (QED) is 0.233. The Bertz CT molecular complexity index is 306. The van der Waals surface area contributed by atoms with Gasteiger partial charge in [-0.3, -0.25) is 4.79 Å². The molecule has 0 aliphatic rings. The number of aliphatic hydroxyl groups is 1. The van der Waals surface area contributed by atoms with Crippen molar-refractivity contribution >= 4 is 14.0 Å². The highest BCUT2D eigenvalue weighted by atomic mass is 28.3. The maximum atomic E-state index is 11.5. The van der Waals surface area contributed by atoms with Gasteiger partial charge in [0.05, 0.1) is 14.7 Å². The molecule has 3 nitrogen and oxygen atoms in total. The molecule has 4 heteroatoms. The topological polar surface area (TPSA) is 49.3 Å². The third kappa shape index (κ3) is 13.5. The fourth-order valence-electron chi connectivity index (χ4n) is 3.79. The van der Waals surface area contributed by atoms with E-state index in [-0.39, 0.29) is 12.5 Å². The highest BCUT2D eigenvalue weighted by molar-refractivity contribution is 6.79. The number of amides is 1. The summed E-state index contributed by atoms with van der Waals surface area (Å²) in [5.41, 5.74) is 0. The van der Waals surface area contributed by atoms with Gasteiger partial charge in [0.15, 0.2) is 0 Å². The number of nitrogens with one attached hydrogen (secondary N) is 1. The van der Waals surface area contributed by atoms with Crippen molar-refractivity contribution in [2.45, 2.75) is 116 Å². The molecule has 0 unspecified atom stereocenters. The van der Waals surface area contributed by atoms with Crippen LogP contribution in [0.5, 0.6) is 0 Å². The predicted molar refractivity (Wildman–Crippen MR) is 113 cm³/mol. The Morgan fingerprint density at radius 2 is 1.32 bits per heavy atom. The molecule has 0 aromatic heterocycles. The van der Waals surface area contributed by atoms with E-state index in [4.69, 9.17) is 5.11 Å². The molecule has 0 heterocycles. The zero-order valence-electron chi connectivity index (χ0n) is 17.4. The first-order valence-corrected chi connectivity index (χ1v) is 13.8. The molecule has 0 aromatic carbocycles. The molecule has 0 radical (unpaired) electrons. The molecule has 0 fully saturated rings. The molecule has 0 saturated heterocycles. The van der Waals surface area contributed by atoms with Gasteiger partial charge in [-0.1, -0.05) is 103 Å². The number of hydrogen-bond acceptors (Lipinski definition) is 2. The molecular weight excluding hydrogens is 326 g/mol. The van der Waals surface area contributed by atoms with Crippen molar-refractivity contribution in [3.05, 3.63) is 0 Å². The second-order valence-corrected chi connectivity index (χ2v) is 13.1. The van der Waals surface area contributed by atoms with Crippen molar-refractivity contribution in [1.82, 2.24) is 5.32 Å². The number of carbonyl (C=O) groups is 1. The first-order valence-electron chi connectivity index (χ1n) is 11.0. The summed E-state index contributed by atoms with van der Waals surface area (Å²) in [5.74, 6) is 0.0861. The molecule has 150 valence electrons. The average molecular weight is 372 g/mol. The van der Waals surface area contributed by atoms with Crippen molar-refractivity contribution in [2.75, 3.05) is 13.2 Å². The molecule has 0 spiro atoms. The van der Waals surface area contributed by atoms with Gasteiger partial charge in [0, 0.05) is 13.0 Å². The number of rotatable bonds is 18. The Morgan fingerprint density at radius 3 is 1.84 bits per heavy atom. The molecule has 25 heavy (non-hydrogen) atoms. The van der Waals surface area contributed by atoms with Gasteiger partial charge in [-0.2, -0.15) is 0 Å². The highest BCUT2D eigenvalue weighted by Crippen LogP contribution is 2.30. The fraction of sp³-hybridized carbons (Fsp3) is 0.952. The number of aliphatic hydroxyl groups excluding tert-OH is 1. The summed E-state index contributed by atoms with van der Waals surface area (Å²) in [6.07, 6.45) is 13.9. The largest absolute Gasteiger partial charge is 0.395 e. The minimum absolute atomic E-state index is 0.0328. The molecule has 0 aromatic rings. The average Bonchev–Trinajstić information content (AvgIpc) is 2.64. The minimum atomic E-state index is -1.02. The van der Waals surface area contributed by atoms with Crippen molar-refractivity contribution < 1.29 is 9.90 Å². The summed E-state index contributed by atoms with van der Waals surface area (Å²) >= 11 is 0. The van der Waals surface area contributed by atoms with Crippen LogP contribution >= 0.6 is 0 Å². The molecular formula is C21H45NO2Si. The van der Waals surface area contributed by atoms with Crippen LogP contribution < -0.4 is 5.32 Å². The molecule has 0 bridgehead atoms. The molecule has 0 aliphatic heterocycles. The lowest BCUT2D eigenvalue weighted by molar-refractivity contribution is -0.121. The van der Waals surface area contributed by atoms with Crippen LogP contribution in [-0.4, -0.2) is 32.2 Å². The first kappa shape index (κ1) is 24.6. The number of unbranched alkanes of at least 4 members (excludes halogenated alkanes) is 8. The van der Waals surface area contributed by atoms with E-state index in [1.807, 2.05) is 0 Å². The summed E-state index contributed by atoms with van der Waals surface area (Å²) in [7, 11) is -1.02. The van der Waals surface area contributed by atoms with E-state index in [1.54, 1.807) is 0 Å². The predicted octanol–water partition coefficient (Wildman–Crippen LogP) is 5.89. The molecule has 0 saturated carbocycles. The third-order valence-electron chi connectivity index (χ3n) is 5.86. The van der Waals surface area contributed by atoms with Crippen molar-refractivity contribution in [1.29, 1.82) is 0 Å². The van der Waals surface area contributed by atoms with Crippen molar-refractivity contribution in [3.8, 4) is 0 Å². The van der Waals surface area contributed by atoms with Crippen LogP contribution in [0.4, 0.5) is 0 Å². The zero-order valence-corrected chi connectivity index (χ0v) is 18.4. The van der Waals surface area contributed by atoms with Gasteiger partial charge in [-0.25, -0.2) is 0 Å². The smallest absolute Gasteiger partial charge is 0.220 e. The van der Waals surface area contributed by atoms with E-state index in [9.17, 15) is 4.79 Å². The first-order chi connectivity index (χ1) is 12.1.